The van der Waals surface area contributed by atoms with Crippen LogP contribution in [0.25, 0.3) is 0 Å². The predicted molar refractivity (Wildman–Crippen MR) is 129 cm³/mol. The minimum Gasteiger partial charge on any atom is -0.480 e. The van der Waals surface area contributed by atoms with Gasteiger partial charge in [0, 0.05) is 6.42 Å². The van der Waals surface area contributed by atoms with Gasteiger partial charge in [0.25, 0.3) is 0 Å². The number of carbonyl (C=O) groups is 6. The van der Waals surface area contributed by atoms with Crippen LogP contribution in [0.15, 0.2) is 30.3 Å². The first-order valence-corrected chi connectivity index (χ1v) is 11.3. The second-order valence-electron chi connectivity index (χ2n) is 8.79. The number of nitrogens with two attached hydrogens (primary N) is 3. The van der Waals surface area contributed by atoms with Crippen LogP contribution in [0.1, 0.15) is 38.7 Å². The molecule has 0 aliphatic carbocycles. The largest absolute Gasteiger partial charge is 0.480 e. The van der Waals surface area contributed by atoms with E-state index in [0.717, 1.165) is 0 Å². The van der Waals surface area contributed by atoms with Crippen molar-refractivity contribution in [3.63, 3.8) is 0 Å². The van der Waals surface area contributed by atoms with Gasteiger partial charge in [-0.2, -0.15) is 0 Å². The molecule has 1 rings (SSSR count). The van der Waals surface area contributed by atoms with Gasteiger partial charge in [0.2, 0.25) is 29.5 Å². The highest BCUT2D eigenvalue weighted by Crippen LogP contribution is 2.08. The second-order valence-corrected chi connectivity index (χ2v) is 8.79. The molecule has 0 heterocycles. The molecule has 4 unspecified atom stereocenters. The molecule has 198 valence electrons. The molecule has 5 amide bonds. The van der Waals surface area contributed by atoms with Crippen molar-refractivity contribution in [3.8, 4) is 0 Å². The van der Waals surface area contributed by atoms with E-state index in [4.69, 9.17) is 17.2 Å². The normalized spacial score (nSPS) is 14.1. The minimum absolute atomic E-state index is 0.0162. The number of hydrogen-bond acceptors (Lipinski definition) is 7. The maximum absolute atomic E-state index is 13.1. The number of carboxylic acids is 1. The Labute approximate surface area is 208 Å². The van der Waals surface area contributed by atoms with Gasteiger partial charge in [0.05, 0.1) is 18.9 Å². The van der Waals surface area contributed by atoms with Crippen molar-refractivity contribution in [2.45, 2.75) is 63.7 Å². The van der Waals surface area contributed by atoms with E-state index in [2.05, 4.69) is 16.0 Å². The van der Waals surface area contributed by atoms with Crippen molar-refractivity contribution < 1.29 is 33.9 Å². The molecule has 0 saturated heterocycles. The van der Waals surface area contributed by atoms with Crippen LogP contribution in [-0.2, 0) is 35.2 Å². The Morgan fingerprint density at radius 1 is 0.778 bits per heavy atom. The van der Waals surface area contributed by atoms with Gasteiger partial charge in [0.15, 0.2) is 0 Å². The third-order valence-corrected chi connectivity index (χ3v) is 5.03. The first-order valence-electron chi connectivity index (χ1n) is 11.3. The van der Waals surface area contributed by atoms with Crippen LogP contribution in [0.5, 0.6) is 0 Å². The maximum atomic E-state index is 13.1. The lowest BCUT2D eigenvalue weighted by atomic mass is 10.0. The summed E-state index contributed by atoms with van der Waals surface area (Å²) in [5.41, 5.74) is 16.6. The predicted octanol–water partition coefficient (Wildman–Crippen LogP) is -2.11. The third kappa shape index (κ3) is 11.0. The molecule has 13 nitrogen and oxygen atoms in total. The first-order chi connectivity index (χ1) is 16.8. The van der Waals surface area contributed by atoms with Crippen LogP contribution in [0.4, 0.5) is 0 Å². The fraction of sp³-hybridized carbons (Fsp3) is 0.478. The Morgan fingerprint density at radius 2 is 1.28 bits per heavy atom. The Morgan fingerprint density at radius 3 is 1.78 bits per heavy atom. The number of primary amides is 2. The van der Waals surface area contributed by atoms with E-state index in [1.807, 2.05) is 0 Å². The quantitative estimate of drug-likeness (QED) is 0.139. The third-order valence-electron chi connectivity index (χ3n) is 5.03. The van der Waals surface area contributed by atoms with Gasteiger partial charge in [-0.05, 0) is 17.9 Å². The number of amides is 5. The average molecular weight is 507 g/mol. The van der Waals surface area contributed by atoms with E-state index >= 15 is 0 Å². The summed E-state index contributed by atoms with van der Waals surface area (Å²) in [7, 11) is 0. The molecular weight excluding hydrogens is 472 g/mol. The Hall–Kier alpha value is -4.00. The molecule has 0 spiro atoms. The molecule has 0 aliphatic rings. The van der Waals surface area contributed by atoms with Crippen molar-refractivity contribution in [3.05, 3.63) is 35.9 Å². The summed E-state index contributed by atoms with van der Waals surface area (Å²) in [6, 6.07) is 3.26. The molecule has 0 aromatic heterocycles. The van der Waals surface area contributed by atoms with Gasteiger partial charge in [0.1, 0.15) is 18.1 Å². The lowest BCUT2D eigenvalue weighted by Crippen LogP contribution is -2.58. The van der Waals surface area contributed by atoms with Crippen molar-refractivity contribution in [2.24, 2.45) is 23.1 Å². The topological polar surface area (TPSA) is 237 Å². The number of rotatable bonds is 15. The highest BCUT2D eigenvalue weighted by molar-refractivity contribution is 5.96. The van der Waals surface area contributed by atoms with Crippen LogP contribution in [0.2, 0.25) is 0 Å². The van der Waals surface area contributed by atoms with Gasteiger partial charge in [-0.1, -0.05) is 44.2 Å². The molecule has 0 bridgehead atoms. The SMILES string of the molecule is CC(C)CC(NC(=O)C(CC(N)=O)NC(=O)C(Cc1ccccc1)NC(=O)C(N)CC(N)=O)C(=O)O. The highest BCUT2D eigenvalue weighted by atomic mass is 16.4. The van der Waals surface area contributed by atoms with E-state index < -0.39 is 72.5 Å². The van der Waals surface area contributed by atoms with Crippen molar-refractivity contribution in [1.29, 1.82) is 0 Å². The number of benzene rings is 1. The molecule has 4 atom stereocenters. The van der Waals surface area contributed by atoms with Crippen molar-refractivity contribution >= 4 is 35.5 Å². The van der Waals surface area contributed by atoms with Gasteiger partial charge in [-0.25, -0.2) is 4.79 Å². The Balaban J connectivity index is 3.12. The smallest absolute Gasteiger partial charge is 0.326 e. The molecule has 36 heavy (non-hydrogen) atoms. The summed E-state index contributed by atoms with van der Waals surface area (Å²) >= 11 is 0. The number of hydrogen-bond donors (Lipinski definition) is 7. The zero-order valence-electron chi connectivity index (χ0n) is 20.2. The van der Waals surface area contributed by atoms with E-state index in [-0.39, 0.29) is 18.8 Å². The molecule has 13 heteroatoms. The van der Waals surface area contributed by atoms with Crippen LogP contribution in [0.3, 0.4) is 0 Å². The zero-order valence-corrected chi connectivity index (χ0v) is 20.2. The Bertz CT molecular complexity index is 954. The first kappa shape index (κ1) is 30.0. The molecule has 0 radical (unpaired) electrons. The highest BCUT2D eigenvalue weighted by Gasteiger charge is 2.31. The minimum atomic E-state index is -1.50. The lowest BCUT2D eigenvalue weighted by molar-refractivity contribution is -0.143. The van der Waals surface area contributed by atoms with E-state index in [1.165, 1.54) is 0 Å². The molecule has 0 saturated carbocycles. The molecule has 0 aliphatic heterocycles. The van der Waals surface area contributed by atoms with Gasteiger partial charge >= 0.3 is 5.97 Å². The fourth-order valence-electron chi connectivity index (χ4n) is 3.30. The molecule has 1 aromatic rings. The van der Waals surface area contributed by atoms with E-state index in [1.54, 1.807) is 44.2 Å². The molecule has 10 N–H and O–H groups in total. The molecular formula is C23H34N6O7. The molecule has 1 aromatic carbocycles. The summed E-state index contributed by atoms with van der Waals surface area (Å²) < 4.78 is 0. The van der Waals surface area contributed by atoms with E-state index in [9.17, 15) is 33.9 Å². The number of carboxylic acid groups (broad SMARTS) is 1. The Kier molecular flexibility index (Phi) is 12.0. The second kappa shape index (κ2) is 14.4. The standard InChI is InChI=1S/C23H34N6O7/c1-12(2)8-17(23(35)36)29-22(34)16(11-19(26)31)28-21(33)15(9-13-6-4-3-5-7-13)27-20(32)14(24)10-18(25)30/h3-7,12,14-17H,8-11,24H2,1-2H3,(H2,25,30)(H2,26,31)(H,27,32)(H,28,33)(H,29,34)(H,35,36). The monoisotopic (exact) mass is 506 g/mol. The van der Waals surface area contributed by atoms with Crippen molar-refractivity contribution in [1.82, 2.24) is 16.0 Å². The fourth-order valence-corrected chi connectivity index (χ4v) is 3.30. The summed E-state index contributed by atoms with van der Waals surface area (Å²) in [6.45, 7) is 3.54. The van der Waals surface area contributed by atoms with Gasteiger partial charge in [-0.3, -0.25) is 24.0 Å². The zero-order chi connectivity index (χ0) is 27.4. The van der Waals surface area contributed by atoms with Crippen LogP contribution in [0, 0.1) is 5.92 Å². The number of nitrogens with one attached hydrogen (secondary N) is 3. The summed E-state index contributed by atoms with van der Waals surface area (Å²) in [5.74, 6) is -5.68. The average Bonchev–Trinajstić information content (AvgIpc) is 2.77. The summed E-state index contributed by atoms with van der Waals surface area (Å²) in [6.07, 6.45) is -0.968. The summed E-state index contributed by atoms with van der Waals surface area (Å²) in [4.78, 5) is 72.6. The van der Waals surface area contributed by atoms with Gasteiger partial charge in [-0.15, -0.1) is 0 Å². The van der Waals surface area contributed by atoms with Crippen molar-refractivity contribution in [2.75, 3.05) is 0 Å². The van der Waals surface area contributed by atoms with Crippen LogP contribution >= 0.6 is 0 Å². The lowest BCUT2D eigenvalue weighted by Gasteiger charge is -2.25. The number of aliphatic carboxylic acids is 1. The van der Waals surface area contributed by atoms with E-state index in [0.29, 0.717) is 5.56 Å². The van der Waals surface area contributed by atoms with Crippen LogP contribution in [-0.4, -0.2) is 64.8 Å². The van der Waals surface area contributed by atoms with Gasteiger partial charge < -0.3 is 38.3 Å². The molecule has 0 fully saturated rings. The summed E-state index contributed by atoms with van der Waals surface area (Å²) in [5, 5.41) is 16.5. The maximum Gasteiger partial charge on any atom is 0.326 e. The number of carbonyl (C=O) groups excluding carboxylic acids is 5. The van der Waals surface area contributed by atoms with Crippen LogP contribution < -0.4 is 33.2 Å².